The minimum atomic E-state index is -0.432. The van der Waals surface area contributed by atoms with Gasteiger partial charge in [-0.2, -0.15) is 0 Å². The minimum Gasteiger partial charge on any atom is -0.490 e. The van der Waals surface area contributed by atoms with Gasteiger partial charge in [0.1, 0.15) is 5.76 Å². The van der Waals surface area contributed by atoms with Crippen LogP contribution in [-0.4, -0.2) is 7.11 Å². The first-order chi connectivity index (χ1) is 9.56. The molecule has 0 aliphatic carbocycles. The summed E-state index contributed by atoms with van der Waals surface area (Å²) in [5.41, 5.74) is 7.47. The smallest absolute Gasteiger partial charge is 0.341 e. The molecule has 3 aromatic rings. The fraction of sp³-hybridized carbons (Fsp3) is 0.267. The van der Waals surface area contributed by atoms with Crippen LogP contribution in [0.1, 0.15) is 16.9 Å². The van der Waals surface area contributed by atoms with Crippen LogP contribution < -0.4 is 16.1 Å². The summed E-state index contributed by atoms with van der Waals surface area (Å²) in [5, 5.41) is 1.72. The second-order valence-corrected chi connectivity index (χ2v) is 4.76. The highest BCUT2D eigenvalue weighted by atomic mass is 16.5. The van der Waals surface area contributed by atoms with Crippen molar-refractivity contribution in [2.75, 3.05) is 7.11 Å². The number of furan rings is 1. The third-order valence-electron chi connectivity index (χ3n) is 3.55. The summed E-state index contributed by atoms with van der Waals surface area (Å²) in [6.45, 7) is 3.87. The van der Waals surface area contributed by atoms with Crippen LogP contribution in [0.4, 0.5) is 0 Å². The molecule has 0 radical (unpaired) electrons. The molecular weight excluding hydrogens is 258 g/mol. The van der Waals surface area contributed by atoms with Crippen LogP contribution in [-0.2, 0) is 6.54 Å². The molecule has 0 spiro atoms. The predicted molar refractivity (Wildman–Crippen MR) is 76.2 cm³/mol. The maximum atomic E-state index is 12.0. The zero-order valence-corrected chi connectivity index (χ0v) is 11.6. The summed E-state index contributed by atoms with van der Waals surface area (Å²) in [4.78, 5) is 12.0. The van der Waals surface area contributed by atoms with Crippen molar-refractivity contribution in [1.82, 2.24) is 0 Å². The molecule has 2 N–H and O–H groups in total. The van der Waals surface area contributed by atoms with Crippen LogP contribution in [0.2, 0.25) is 0 Å². The lowest BCUT2D eigenvalue weighted by atomic mass is 10.0. The molecule has 0 saturated carbocycles. The predicted octanol–water partition coefficient (Wildman–Crippen LogP) is 2.62. The van der Waals surface area contributed by atoms with Gasteiger partial charge in [-0.3, -0.25) is 0 Å². The van der Waals surface area contributed by atoms with E-state index in [-0.39, 0.29) is 6.54 Å². The average Bonchev–Trinajstić information content (AvgIpc) is 2.77. The highest BCUT2D eigenvalue weighted by Crippen LogP contribution is 2.37. The molecule has 0 fully saturated rings. The van der Waals surface area contributed by atoms with Gasteiger partial charge in [-0.25, -0.2) is 4.79 Å². The summed E-state index contributed by atoms with van der Waals surface area (Å²) in [6, 6.07) is 3.85. The van der Waals surface area contributed by atoms with E-state index in [2.05, 4.69) is 0 Å². The summed E-state index contributed by atoms with van der Waals surface area (Å²) in [6.07, 6.45) is 0. The lowest BCUT2D eigenvalue weighted by Crippen LogP contribution is -2.14. The number of ether oxygens (including phenoxy) is 1. The van der Waals surface area contributed by atoms with Gasteiger partial charge in [0, 0.05) is 17.3 Å². The molecule has 0 aliphatic rings. The lowest BCUT2D eigenvalue weighted by molar-refractivity contribution is 0.401. The first kappa shape index (κ1) is 12.7. The fourth-order valence-corrected chi connectivity index (χ4v) is 2.54. The van der Waals surface area contributed by atoms with Crippen LogP contribution in [0.3, 0.4) is 0 Å². The summed E-state index contributed by atoms with van der Waals surface area (Å²) in [7, 11) is 1.53. The first-order valence-electron chi connectivity index (χ1n) is 6.30. The van der Waals surface area contributed by atoms with Gasteiger partial charge >= 0.3 is 5.63 Å². The van der Waals surface area contributed by atoms with Crippen LogP contribution in [0, 0.1) is 13.8 Å². The van der Waals surface area contributed by atoms with Gasteiger partial charge in [-0.05, 0) is 31.5 Å². The monoisotopic (exact) mass is 273 g/mol. The largest absolute Gasteiger partial charge is 0.490 e. The summed E-state index contributed by atoms with van der Waals surface area (Å²) >= 11 is 0. The van der Waals surface area contributed by atoms with E-state index in [4.69, 9.17) is 19.3 Å². The van der Waals surface area contributed by atoms with E-state index in [1.54, 1.807) is 0 Å². The molecule has 2 heterocycles. The van der Waals surface area contributed by atoms with E-state index >= 15 is 0 Å². The Morgan fingerprint density at radius 3 is 2.60 bits per heavy atom. The third-order valence-corrected chi connectivity index (χ3v) is 3.55. The molecule has 3 rings (SSSR count). The molecule has 20 heavy (non-hydrogen) atoms. The first-order valence-corrected chi connectivity index (χ1v) is 6.30. The SMILES string of the molecule is COc1c2oc(C)cc2cc2c(C)c(CN)c(=O)oc12. The zero-order chi connectivity index (χ0) is 14.4. The van der Waals surface area contributed by atoms with E-state index in [0.717, 1.165) is 22.1 Å². The van der Waals surface area contributed by atoms with E-state index < -0.39 is 5.63 Å². The number of hydrogen-bond donors (Lipinski definition) is 1. The molecular formula is C15H15NO4. The molecule has 0 bridgehead atoms. The molecule has 1 aromatic carbocycles. The van der Waals surface area contributed by atoms with Crippen LogP contribution >= 0.6 is 0 Å². The average molecular weight is 273 g/mol. The minimum absolute atomic E-state index is 0.148. The maximum absolute atomic E-state index is 12.0. The highest BCUT2D eigenvalue weighted by Gasteiger charge is 2.18. The number of nitrogens with two attached hydrogens (primary N) is 1. The van der Waals surface area contributed by atoms with Crippen molar-refractivity contribution < 1.29 is 13.6 Å². The Hall–Kier alpha value is -2.27. The van der Waals surface area contributed by atoms with Gasteiger partial charge in [0.05, 0.1) is 12.7 Å². The molecule has 2 aromatic heterocycles. The molecule has 104 valence electrons. The van der Waals surface area contributed by atoms with Crippen molar-refractivity contribution in [3.8, 4) is 5.75 Å². The molecule has 0 saturated heterocycles. The maximum Gasteiger partial charge on any atom is 0.341 e. The van der Waals surface area contributed by atoms with Crippen LogP contribution in [0.15, 0.2) is 25.8 Å². The Balaban J connectivity index is 2.58. The Labute approximate surface area is 114 Å². The molecule has 0 atom stereocenters. The summed E-state index contributed by atoms with van der Waals surface area (Å²) in [5.74, 6) is 1.21. The number of aryl methyl sites for hydroxylation is 2. The normalized spacial score (nSPS) is 11.4. The molecule has 0 unspecified atom stereocenters. The Morgan fingerprint density at radius 2 is 1.95 bits per heavy atom. The fourth-order valence-electron chi connectivity index (χ4n) is 2.54. The van der Waals surface area contributed by atoms with E-state index in [1.807, 2.05) is 26.0 Å². The van der Waals surface area contributed by atoms with Crippen molar-refractivity contribution in [2.45, 2.75) is 20.4 Å². The number of methoxy groups -OCH3 is 1. The van der Waals surface area contributed by atoms with Crippen molar-refractivity contribution in [2.24, 2.45) is 5.73 Å². The Bertz CT molecular complexity index is 873. The molecule has 0 aliphatic heterocycles. The number of hydrogen-bond acceptors (Lipinski definition) is 5. The Kier molecular flexibility index (Phi) is 2.79. The van der Waals surface area contributed by atoms with Gasteiger partial charge in [0.2, 0.25) is 5.75 Å². The summed E-state index contributed by atoms with van der Waals surface area (Å²) < 4.78 is 16.4. The number of benzene rings is 1. The standard InChI is InChI=1S/C15H15NO4/c1-7-4-9-5-10-8(2)11(6-16)15(17)20-13(10)14(18-3)12(9)19-7/h4-5H,6,16H2,1-3H3. The van der Waals surface area contributed by atoms with Gasteiger partial charge in [0.25, 0.3) is 0 Å². The van der Waals surface area contributed by atoms with Crippen molar-refractivity contribution in [3.63, 3.8) is 0 Å². The quantitative estimate of drug-likeness (QED) is 0.726. The topological polar surface area (TPSA) is 78.6 Å². The van der Waals surface area contributed by atoms with Gasteiger partial charge in [-0.1, -0.05) is 0 Å². The van der Waals surface area contributed by atoms with Gasteiger partial charge < -0.3 is 19.3 Å². The molecule has 5 heteroatoms. The number of fused-ring (bicyclic) bond motifs is 2. The van der Waals surface area contributed by atoms with Crippen LogP contribution in [0.25, 0.3) is 21.9 Å². The highest BCUT2D eigenvalue weighted by molar-refractivity contribution is 6.01. The number of rotatable bonds is 2. The van der Waals surface area contributed by atoms with Gasteiger partial charge in [0.15, 0.2) is 11.2 Å². The van der Waals surface area contributed by atoms with E-state index in [0.29, 0.717) is 22.5 Å². The molecule has 5 nitrogen and oxygen atoms in total. The van der Waals surface area contributed by atoms with Crippen molar-refractivity contribution in [1.29, 1.82) is 0 Å². The van der Waals surface area contributed by atoms with E-state index in [1.165, 1.54) is 7.11 Å². The van der Waals surface area contributed by atoms with Crippen molar-refractivity contribution in [3.05, 3.63) is 39.4 Å². The second-order valence-electron chi connectivity index (χ2n) is 4.76. The second kappa shape index (κ2) is 4.38. The van der Waals surface area contributed by atoms with Crippen LogP contribution in [0.5, 0.6) is 5.75 Å². The lowest BCUT2D eigenvalue weighted by Gasteiger charge is -2.09. The van der Waals surface area contributed by atoms with Gasteiger partial charge in [-0.15, -0.1) is 0 Å². The third kappa shape index (κ3) is 1.63. The molecule has 0 amide bonds. The van der Waals surface area contributed by atoms with E-state index in [9.17, 15) is 4.79 Å². The zero-order valence-electron chi connectivity index (χ0n) is 11.6. The van der Waals surface area contributed by atoms with Crippen molar-refractivity contribution >= 4 is 21.9 Å². The Morgan fingerprint density at radius 1 is 1.20 bits per heavy atom.